The molecule has 0 unspecified atom stereocenters. The maximum atomic E-state index is 13.5. The van der Waals surface area contributed by atoms with Crippen LogP contribution in [0.25, 0.3) is 11.3 Å². The van der Waals surface area contributed by atoms with Crippen LogP contribution in [0.15, 0.2) is 66.2 Å². The summed E-state index contributed by atoms with van der Waals surface area (Å²) in [4.78, 5) is 21.7. The van der Waals surface area contributed by atoms with Crippen molar-refractivity contribution in [3.63, 3.8) is 0 Å². The van der Waals surface area contributed by atoms with Gasteiger partial charge >= 0.3 is 0 Å². The van der Waals surface area contributed by atoms with Crippen LogP contribution in [0.3, 0.4) is 0 Å². The summed E-state index contributed by atoms with van der Waals surface area (Å²) in [5, 5.41) is 8.01. The van der Waals surface area contributed by atoms with Gasteiger partial charge in [0.2, 0.25) is 0 Å². The molecule has 162 valence electrons. The smallest absolute Gasteiger partial charge is 0.261 e. The second-order valence-electron chi connectivity index (χ2n) is 6.59. The van der Waals surface area contributed by atoms with E-state index in [4.69, 9.17) is 9.47 Å². The molecule has 4 rings (SSSR count). The molecule has 0 spiro atoms. The Morgan fingerprint density at radius 3 is 2.72 bits per heavy atom. The molecule has 1 amide bonds. The van der Waals surface area contributed by atoms with E-state index in [0.717, 1.165) is 5.56 Å². The van der Waals surface area contributed by atoms with Gasteiger partial charge < -0.3 is 14.8 Å². The Morgan fingerprint density at radius 2 is 1.94 bits per heavy atom. The van der Waals surface area contributed by atoms with Crippen LogP contribution in [0.5, 0.6) is 11.5 Å². The third-order valence-corrected chi connectivity index (χ3v) is 5.30. The largest absolute Gasteiger partial charge is 0.497 e. The summed E-state index contributed by atoms with van der Waals surface area (Å²) in [6.07, 6.45) is 1.55. The third kappa shape index (κ3) is 4.68. The molecule has 7 nitrogen and oxygen atoms in total. The molecule has 0 aliphatic heterocycles. The van der Waals surface area contributed by atoms with Crippen molar-refractivity contribution in [3.05, 3.63) is 77.6 Å². The van der Waals surface area contributed by atoms with Gasteiger partial charge in [0.25, 0.3) is 5.91 Å². The number of halogens is 1. The van der Waals surface area contributed by atoms with Gasteiger partial charge in [0.05, 0.1) is 25.5 Å². The number of nitrogens with one attached hydrogen (secondary N) is 2. The molecule has 0 aliphatic carbocycles. The zero-order valence-electron chi connectivity index (χ0n) is 17.3. The molecular weight excluding hydrogens is 431 g/mol. The van der Waals surface area contributed by atoms with Crippen LogP contribution >= 0.6 is 11.3 Å². The highest BCUT2D eigenvalue weighted by Crippen LogP contribution is 2.35. The first kappa shape index (κ1) is 21.3. The lowest BCUT2D eigenvalue weighted by Gasteiger charge is -2.10. The Kier molecular flexibility index (Phi) is 6.27. The number of amides is 1. The Bertz CT molecular complexity index is 1260. The number of hydrogen-bond acceptors (Lipinski definition) is 7. The normalized spacial score (nSPS) is 10.5. The zero-order chi connectivity index (χ0) is 22.5. The number of nitrogens with zero attached hydrogens (tertiary/aromatic N) is 2. The molecule has 0 saturated carbocycles. The molecule has 0 fully saturated rings. The highest BCUT2D eigenvalue weighted by atomic mass is 32.1. The Labute approximate surface area is 187 Å². The standard InChI is InChI=1S/C23H19FN4O3S/c1-30-16-8-9-20(31-2)18(12-16)19-13-32-23(27-19)28-22(29)17-7-4-10-25-21(17)26-15-6-3-5-14(24)11-15/h3-13H,1-2H3,(H,25,26)(H,27,28,29). The summed E-state index contributed by atoms with van der Waals surface area (Å²) in [7, 11) is 3.16. The molecule has 0 saturated heterocycles. The van der Waals surface area contributed by atoms with Crippen LogP contribution in [0.1, 0.15) is 10.4 Å². The summed E-state index contributed by atoms with van der Waals surface area (Å²) < 4.78 is 24.2. The Balaban J connectivity index is 1.56. The van der Waals surface area contributed by atoms with Gasteiger partial charge in [-0.25, -0.2) is 14.4 Å². The van der Waals surface area contributed by atoms with Gasteiger partial charge in [0, 0.05) is 22.8 Å². The summed E-state index contributed by atoms with van der Waals surface area (Å²) in [6.45, 7) is 0. The number of thiazole rings is 1. The van der Waals surface area contributed by atoms with Crippen molar-refractivity contribution >= 4 is 33.9 Å². The van der Waals surface area contributed by atoms with Crippen LogP contribution in [0.2, 0.25) is 0 Å². The van der Waals surface area contributed by atoms with E-state index < -0.39 is 5.91 Å². The van der Waals surface area contributed by atoms with E-state index in [1.165, 1.54) is 23.5 Å². The second kappa shape index (κ2) is 9.44. The van der Waals surface area contributed by atoms with E-state index >= 15 is 0 Å². The van der Waals surface area contributed by atoms with Gasteiger partial charge in [0.15, 0.2) is 5.13 Å². The number of anilines is 3. The van der Waals surface area contributed by atoms with Crippen molar-refractivity contribution in [2.75, 3.05) is 24.9 Å². The number of hydrogen-bond donors (Lipinski definition) is 2. The molecule has 0 aliphatic rings. The zero-order valence-corrected chi connectivity index (χ0v) is 18.1. The van der Waals surface area contributed by atoms with Crippen molar-refractivity contribution in [2.45, 2.75) is 0 Å². The first-order valence-electron chi connectivity index (χ1n) is 9.54. The monoisotopic (exact) mass is 450 g/mol. The Morgan fingerprint density at radius 1 is 1.06 bits per heavy atom. The lowest BCUT2D eigenvalue weighted by Crippen LogP contribution is -2.14. The number of methoxy groups -OCH3 is 2. The number of ether oxygens (including phenoxy) is 2. The molecule has 9 heteroatoms. The summed E-state index contributed by atoms with van der Waals surface area (Å²) in [5.74, 6) is 0.836. The highest BCUT2D eigenvalue weighted by molar-refractivity contribution is 7.14. The third-order valence-electron chi connectivity index (χ3n) is 4.55. The van der Waals surface area contributed by atoms with Crippen LogP contribution in [0.4, 0.5) is 21.0 Å². The van der Waals surface area contributed by atoms with Crippen LogP contribution in [-0.2, 0) is 0 Å². The topological polar surface area (TPSA) is 85.4 Å². The number of pyridine rings is 1. The van der Waals surface area contributed by atoms with Crippen LogP contribution < -0.4 is 20.1 Å². The fraction of sp³-hybridized carbons (Fsp3) is 0.0870. The first-order valence-corrected chi connectivity index (χ1v) is 10.4. The molecule has 2 aromatic carbocycles. The van der Waals surface area contributed by atoms with Crippen molar-refractivity contribution in [2.24, 2.45) is 0 Å². The average molecular weight is 450 g/mol. The minimum absolute atomic E-state index is 0.299. The highest BCUT2D eigenvalue weighted by Gasteiger charge is 2.16. The number of rotatable bonds is 7. The van der Waals surface area contributed by atoms with Crippen molar-refractivity contribution in [1.82, 2.24) is 9.97 Å². The van der Waals surface area contributed by atoms with Gasteiger partial charge in [-0.3, -0.25) is 10.1 Å². The molecule has 2 N–H and O–H groups in total. The second-order valence-corrected chi connectivity index (χ2v) is 7.45. The van der Waals surface area contributed by atoms with E-state index in [1.54, 1.807) is 56.8 Å². The van der Waals surface area contributed by atoms with Crippen molar-refractivity contribution in [3.8, 4) is 22.8 Å². The summed E-state index contributed by atoms with van der Waals surface area (Å²) >= 11 is 1.28. The number of benzene rings is 2. The molecule has 4 aromatic rings. The quantitative estimate of drug-likeness (QED) is 0.394. The van der Waals surface area contributed by atoms with Gasteiger partial charge in [-0.05, 0) is 48.5 Å². The van der Waals surface area contributed by atoms with Crippen molar-refractivity contribution < 1.29 is 18.7 Å². The minimum atomic E-state index is -0.393. The predicted molar refractivity (Wildman–Crippen MR) is 123 cm³/mol. The minimum Gasteiger partial charge on any atom is -0.497 e. The molecule has 0 atom stereocenters. The maximum Gasteiger partial charge on any atom is 0.261 e. The van der Waals surface area contributed by atoms with E-state index in [0.29, 0.717) is 39.4 Å². The lowest BCUT2D eigenvalue weighted by atomic mass is 10.1. The van der Waals surface area contributed by atoms with E-state index in [9.17, 15) is 9.18 Å². The number of carbonyl (C=O) groups is 1. The predicted octanol–water partition coefficient (Wildman–Crippen LogP) is 5.36. The van der Waals surface area contributed by atoms with Crippen LogP contribution in [-0.4, -0.2) is 30.1 Å². The summed E-state index contributed by atoms with van der Waals surface area (Å²) in [5.41, 5.74) is 2.18. The molecule has 0 radical (unpaired) electrons. The molecule has 32 heavy (non-hydrogen) atoms. The van der Waals surface area contributed by atoms with E-state index in [2.05, 4.69) is 20.6 Å². The summed E-state index contributed by atoms with van der Waals surface area (Å²) in [6, 6.07) is 14.6. The Hall–Kier alpha value is -3.98. The SMILES string of the molecule is COc1ccc(OC)c(-c2csc(NC(=O)c3cccnc3Nc3cccc(F)c3)n2)c1. The van der Waals surface area contributed by atoms with Gasteiger partial charge in [-0.2, -0.15) is 0 Å². The number of carbonyl (C=O) groups excluding carboxylic acids is 1. The van der Waals surface area contributed by atoms with E-state index in [1.807, 2.05) is 11.4 Å². The maximum absolute atomic E-state index is 13.5. The van der Waals surface area contributed by atoms with Crippen molar-refractivity contribution in [1.29, 1.82) is 0 Å². The van der Waals surface area contributed by atoms with Gasteiger partial charge in [-0.15, -0.1) is 11.3 Å². The fourth-order valence-corrected chi connectivity index (χ4v) is 3.73. The molecular formula is C23H19FN4O3S. The van der Waals surface area contributed by atoms with Gasteiger partial charge in [-0.1, -0.05) is 6.07 Å². The molecule has 0 bridgehead atoms. The molecule has 2 aromatic heterocycles. The lowest BCUT2D eigenvalue weighted by molar-refractivity contribution is 0.102. The van der Waals surface area contributed by atoms with Crippen LogP contribution in [0, 0.1) is 5.82 Å². The number of aromatic nitrogens is 2. The molecule has 2 heterocycles. The van der Waals surface area contributed by atoms with E-state index in [-0.39, 0.29) is 5.82 Å². The van der Waals surface area contributed by atoms with Gasteiger partial charge in [0.1, 0.15) is 23.1 Å². The average Bonchev–Trinajstić information content (AvgIpc) is 3.27. The fourth-order valence-electron chi connectivity index (χ4n) is 3.02. The first-order chi connectivity index (χ1) is 15.6.